The van der Waals surface area contributed by atoms with Crippen LogP contribution < -0.4 is 10.9 Å². The Morgan fingerprint density at radius 3 is 2.42 bits per heavy atom. The zero-order chi connectivity index (χ0) is 28.0. The summed E-state index contributed by atoms with van der Waals surface area (Å²) in [7, 11) is 0. The van der Waals surface area contributed by atoms with Crippen molar-refractivity contribution in [2.45, 2.75) is 31.9 Å². The number of hydrogen-bond acceptors (Lipinski definition) is 6. The highest BCUT2D eigenvalue weighted by molar-refractivity contribution is 6.30. The molecule has 2 aliphatic heterocycles. The molecule has 200 valence electrons. The third-order valence-corrected chi connectivity index (χ3v) is 7.35. The summed E-state index contributed by atoms with van der Waals surface area (Å²) in [6.07, 6.45) is -2.26. The van der Waals surface area contributed by atoms with Gasteiger partial charge in [-0.2, -0.15) is 5.10 Å². The number of carbonyl (C=O) groups is 3. The number of pyridine rings is 1. The molecule has 6 rings (SSSR count). The van der Waals surface area contributed by atoms with E-state index in [0.29, 0.717) is 27.4 Å². The van der Waals surface area contributed by atoms with Gasteiger partial charge in [0, 0.05) is 27.9 Å². The number of aryl methyl sites for hydroxylation is 1. The molecule has 3 amide bonds. The first-order valence-corrected chi connectivity index (χ1v) is 13.0. The average molecular weight is 555 g/mol. The third-order valence-electron chi connectivity index (χ3n) is 7.10. The van der Waals surface area contributed by atoms with E-state index >= 15 is 0 Å². The number of imide groups is 1. The lowest BCUT2D eigenvalue weighted by Crippen LogP contribution is -2.33. The summed E-state index contributed by atoms with van der Waals surface area (Å²) in [6, 6.07) is 21.8. The molecule has 0 aliphatic carbocycles. The number of hydrazone groups is 1. The fourth-order valence-corrected chi connectivity index (χ4v) is 5.28. The van der Waals surface area contributed by atoms with Gasteiger partial charge in [-0.15, -0.1) is 0 Å². The number of para-hydroxylation sites is 1. The Morgan fingerprint density at radius 2 is 1.73 bits per heavy atom. The predicted octanol–water partition coefficient (Wildman–Crippen LogP) is 4.86. The number of carbonyl (C=O) groups excluding carboxylic acids is 3. The van der Waals surface area contributed by atoms with E-state index in [0.717, 1.165) is 22.1 Å². The van der Waals surface area contributed by atoms with Gasteiger partial charge in [-0.25, -0.2) is 9.80 Å². The average Bonchev–Trinajstić information content (AvgIpc) is 3.51. The van der Waals surface area contributed by atoms with E-state index in [1.807, 2.05) is 72.9 Å². The minimum Gasteiger partial charge on any atom is -0.435 e. The van der Waals surface area contributed by atoms with Crippen LogP contribution in [0.3, 0.4) is 0 Å². The van der Waals surface area contributed by atoms with E-state index in [2.05, 4.69) is 10.1 Å². The number of amides is 3. The lowest BCUT2D eigenvalue weighted by atomic mass is 9.91. The number of nitrogens with one attached hydrogen (secondary N) is 2. The standard InChI is InChI=1S/C30H23ClN4O5/c1-16-6-8-17(9-7-16)23-14-22(34-35(23)25(36)15-24-28(37)33-30(39)40-24)27-26(18-10-12-19(31)13-11-18)20-4-2-3-5-21(20)32-29(27)38/h2-13,23-24H,14-15H2,1H3,(H,32,38)(H,33,37,39). The molecule has 3 aromatic carbocycles. The second-order valence-corrected chi connectivity index (χ2v) is 10.2. The van der Waals surface area contributed by atoms with E-state index in [1.165, 1.54) is 5.01 Å². The molecule has 0 radical (unpaired) electrons. The van der Waals surface area contributed by atoms with E-state index in [9.17, 15) is 19.2 Å². The molecular weight excluding hydrogens is 532 g/mol. The predicted molar refractivity (Wildman–Crippen MR) is 150 cm³/mol. The summed E-state index contributed by atoms with van der Waals surface area (Å²) in [5.41, 5.74) is 4.40. The lowest BCUT2D eigenvalue weighted by Gasteiger charge is -2.22. The Morgan fingerprint density at radius 1 is 1.00 bits per heavy atom. The van der Waals surface area contributed by atoms with Crippen molar-refractivity contribution in [2.24, 2.45) is 5.10 Å². The molecule has 2 unspecified atom stereocenters. The maximum atomic E-state index is 13.6. The van der Waals surface area contributed by atoms with E-state index in [-0.39, 0.29) is 18.4 Å². The van der Waals surface area contributed by atoms with Crippen LogP contribution in [0.25, 0.3) is 22.0 Å². The second kappa shape index (κ2) is 10.1. The summed E-state index contributed by atoms with van der Waals surface area (Å²) in [4.78, 5) is 53.7. The van der Waals surface area contributed by atoms with Crippen LogP contribution in [0, 0.1) is 6.92 Å². The summed E-state index contributed by atoms with van der Waals surface area (Å²) in [6.45, 7) is 1.96. The van der Waals surface area contributed by atoms with Crippen LogP contribution in [0.2, 0.25) is 5.02 Å². The number of hydrogen-bond donors (Lipinski definition) is 2. The third kappa shape index (κ3) is 4.65. The number of aromatic amines is 1. The number of aromatic nitrogens is 1. The van der Waals surface area contributed by atoms with Crippen LogP contribution in [-0.4, -0.2) is 39.7 Å². The molecule has 2 atom stereocenters. The van der Waals surface area contributed by atoms with E-state index in [1.54, 1.807) is 12.1 Å². The normalized spacial score (nSPS) is 18.6. The van der Waals surface area contributed by atoms with Gasteiger partial charge in [-0.3, -0.25) is 19.7 Å². The van der Waals surface area contributed by atoms with Gasteiger partial charge in [-0.05, 0) is 36.2 Å². The first-order chi connectivity index (χ1) is 19.3. The molecule has 2 aliphatic rings. The molecule has 0 bridgehead atoms. The molecule has 1 aromatic heterocycles. The maximum Gasteiger partial charge on any atom is 0.414 e. The number of cyclic esters (lactones) is 1. The number of ether oxygens (including phenoxy) is 1. The summed E-state index contributed by atoms with van der Waals surface area (Å²) in [5.74, 6) is -1.19. The minimum atomic E-state index is -1.24. The van der Waals surface area contributed by atoms with Crippen molar-refractivity contribution in [3.8, 4) is 11.1 Å². The molecule has 1 fully saturated rings. The minimum absolute atomic E-state index is 0.257. The number of alkyl carbamates (subject to hydrolysis) is 1. The van der Waals surface area contributed by atoms with Crippen molar-refractivity contribution >= 4 is 46.1 Å². The zero-order valence-corrected chi connectivity index (χ0v) is 22.1. The van der Waals surface area contributed by atoms with Crippen LogP contribution in [-0.2, 0) is 14.3 Å². The van der Waals surface area contributed by atoms with Gasteiger partial charge in [0.1, 0.15) is 0 Å². The molecule has 0 spiro atoms. The largest absolute Gasteiger partial charge is 0.435 e. The second-order valence-electron chi connectivity index (χ2n) is 9.76. The van der Waals surface area contributed by atoms with Crippen LogP contribution >= 0.6 is 11.6 Å². The molecule has 4 aromatic rings. The van der Waals surface area contributed by atoms with Gasteiger partial charge in [0.05, 0.1) is 23.7 Å². The SMILES string of the molecule is Cc1ccc(C2CC(c3c(-c4ccc(Cl)cc4)c4ccccc4[nH]c3=O)=NN2C(=O)CC2OC(=O)NC2=O)cc1. The highest BCUT2D eigenvalue weighted by Crippen LogP contribution is 2.37. The number of nitrogens with zero attached hydrogens (tertiary/aromatic N) is 2. The molecule has 40 heavy (non-hydrogen) atoms. The number of H-pyrrole nitrogens is 1. The van der Waals surface area contributed by atoms with Gasteiger partial charge >= 0.3 is 6.09 Å². The number of rotatable bonds is 5. The van der Waals surface area contributed by atoms with Gasteiger partial charge < -0.3 is 9.72 Å². The highest BCUT2D eigenvalue weighted by atomic mass is 35.5. The number of halogens is 1. The molecule has 1 saturated heterocycles. The van der Waals surface area contributed by atoms with Crippen molar-refractivity contribution in [2.75, 3.05) is 0 Å². The smallest absolute Gasteiger partial charge is 0.414 e. The van der Waals surface area contributed by atoms with Crippen molar-refractivity contribution < 1.29 is 19.1 Å². The summed E-state index contributed by atoms with van der Waals surface area (Å²) in [5, 5.41) is 9.38. The molecule has 10 heteroatoms. The Bertz CT molecular complexity index is 1760. The van der Waals surface area contributed by atoms with Gasteiger partial charge in [0.25, 0.3) is 11.5 Å². The van der Waals surface area contributed by atoms with Gasteiger partial charge in [0.2, 0.25) is 5.91 Å². The lowest BCUT2D eigenvalue weighted by molar-refractivity contribution is -0.138. The van der Waals surface area contributed by atoms with E-state index < -0.39 is 30.1 Å². The van der Waals surface area contributed by atoms with Crippen LogP contribution in [0.4, 0.5) is 4.79 Å². The van der Waals surface area contributed by atoms with Crippen molar-refractivity contribution in [1.82, 2.24) is 15.3 Å². The first kappa shape index (κ1) is 25.5. The van der Waals surface area contributed by atoms with E-state index in [4.69, 9.17) is 16.3 Å². The monoisotopic (exact) mass is 554 g/mol. The van der Waals surface area contributed by atoms with Crippen molar-refractivity contribution in [1.29, 1.82) is 0 Å². The maximum absolute atomic E-state index is 13.6. The Balaban J connectivity index is 1.49. The number of fused-ring (bicyclic) bond motifs is 1. The van der Waals surface area contributed by atoms with Crippen LogP contribution in [0.5, 0.6) is 0 Å². The topological polar surface area (TPSA) is 121 Å². The quantitative estimate of drug-likeness (QED) is 0.365. The summed E-state index contributed by atoms with van der Waals surface area (Å²) < 4.78 is 4.96. The van der Waals surface area contributed by atoms with Crippen molar-refractivity contribution in [3.05, 3.63) is 105 Å². The van der Waals surface area contributed by atoms with Crippen molar-refractivity contribution in [3.63, 3.8) is 0 Å². The van der Waals surface area contributed by atoms with Crippen LogP contribution in [0.15, 0.2) is 82.7 Å². The fourth-order valence-electron chi connectivity index (χ4n) is 5.15. The van der Waals surface area contributed by atoms with Gasteiger partial charge in [-0.1, -0.05) is 71.8 Å². The Kier molecular flexibility index (Phi) is 6.43. The summed E-state index contributed by atoms with van der Waals surface area (Å²) >= 11 is 6.16. The highest BCUT2D eigenvalue weighted by Gasteiger charge is 2.40. The molecule has 0 saturated carbocycles. The zero-order valence-electron chi connectivity index (χ0n) is 21.3. The van der Waals surface area contributed by atoms with Gasteiger partial charge in [0.15, 0.2) is 6.10 Å². The molecule has 2 N–H and O–H groups in total. The molecular formula is C30H23ClN4O5. The molecule has 9 nitrogen and oxygen atoms in total. The first-order valence-electron chi connectivity index (χ1n) is 12.7. The fraction of sp³-hybridized carbons (Fsp3) is 0.167. The van der Waals surface area contributed by atoms with Crippen LogP contribution in [0.1, 0.15) is 35.6 Å². The Labute approximate surface area is 233 Å². The molecule has 3 heterocycles. The number of benzene rings is 3. The Hall–Kier alpha value is -4.76.